The number of nitrogens with zero attached hydrogens (tertiary/aromatic N) is 8. The molecule has 6 rings (SSSR count). The number of piperidine rings is 1. The highest BCUT2D eigenvalue weighted by molar-refractivity contribution is 6.00. The molecule has 10 nitrogen and oxygen atoms in total. The summed E-state index contributed by atoms with van der Waals surface area (Å²) >= 11 is 0. The zero-order valence-electron chi connectivity index (χ0n) is 22.6. The number of carbonyl (C=O) groups excluding carboxylic acids is 1. The van der Waals surface area contributed by atoms with Gasteiger partial charge >= 0.3 is 0 Å². The highest BCUT2D eigenvalue weighted by atomic mass is 16.2. The Morgan fingerprint density at radius 1 is 1.10 bits per heavy atom. The van der Waals surface area contributed by atoms with E-state index in [1.807, 2.05) is 70.2 Å². The molecule has 4 heterocycles. The molecule has 1 aliphatic rings. The van der Waals surface area contributed by atoms with Crippen LogP contribution in [0.5, 0.6) is 0 Å². The number of rotatable bonds is 6. The molecule has 0 saturated carbocycles. The molecule has 0 unspecified atom stereocenters. The number of carbonyl (C=O) groups is 1. The molecule has 0 atom stereocenters. The van der Waals surface area contributed by atoms with Crippen molar-refractivity contribution < 1.29 is 4.79 Å². The van der Waals surface area contributed by atoms with Gasteiger partial charge in [-0.3, -0.25) is 14.0 Å². The third kappa shape index (κ3) is 4.62. The highest BCUT2D eigenvalue weighted by Gasteiger charge is 2.22. The second-order valence-electron chi connectivity index (χ2n) is 10.1. The van der Waals surface area contributed by atoms with Crippen LogP contribution < -0.4 is 10.6 Å². The number of hydrogen-bond acceptors (Lipinski definition) is 7. The van der Waals surface area contributed by atoms with E-state index in [0.717, 1.165) is 53.9 Å². The van der Waals surface area contributed by atoms with Gasteiger partial charge in [-0.1, -0.05) is 24.8 Å². The maximum absolute atomic E-state index is 12.3. The summed E-state index contributed by atoms with van der Waals surface area (Å²) < 4.78 is 4.04. The molecule has 0 aliphatic carbocycles. The Labute approximate surface area is 232 Å². The summed E-state index contributed by atoms with van der Waals surface area (Å²) in [4.78, 5) is 30.6. The lowest BCUT2D eigenvalue weighted by Crippen LogP contribution is -2.31. The van der Waals surface area contributed by atoms with E-state index >= 15 is 0 Å². The molecule has 3 aromatic heterocycles. The van der Waals surface area contributed by atoms with Crippen LogP contribution in [-0.4, -0.2) is 67.3 Å². The zero-order chi connectivity index (χ0) is 27.8. The fourth-order valence-electron chi connectivity index (χ4n) is 5.18. The van der Waals surface area contributed by atoms with Crippen molar-refractivity contribution in [1.82, 2.24) is 34.2 Å². The van der Waals surface area contributed by atoms with E-state index in [2.05, 4.69) is 28.6 Å². The second kappa shape index (κ2) is 10.4. The van der Waals surface area contributed by atoms with Crippen LogP contribution in [-0.2, 0) is 4.79 Å². The van der Waals surface area contributed by atoms with Crippen LogP contribution in [0.3, 0.4) is 0 Å². The largest absolute Gasteiger partial charge is 0.382 e. The fraction of sp³-hybridized carbons (Fsp3) is 0.233. The van der Waals surface area contributed by atoms with Crippen LogP contribution in [0.15, 0.2) is 79.8 Å². The second-order valence-corrected chi connectivity index (χ2v) is 10.1. The molecule has 0 bridgehead atoms. The fourth-order valence-corrected chi connectivity index (χ4v) is 5.18. The molecule has 202 valence electrons. The van der Waals surface area contributed by atoms with Crippen LogP contribution in [0.4, 0.5) is 11.5 Å². The van der Waals surface area contributed by atoms with Crippen LogP contribution in [0.25, 0.3) is 39.5 Å². The van der Waals surface area contributed by atoms with Crippen LogP contribution in [0.2, 0.25) is 0 Å². The van der Waals surface area contributed by atoms with Gasteiger partial charge in [0.05, 0.1) is 35.2 Å². The Kier molecular flexibility index (Phi) is 6.61. The normalized spacial score (nSPS) is 14.4. The molecule has 1 saturated heterocycles. The van der Waals surface area contributed by atoms with Crippen LogP contribution in [0.1, 0.15) is 18.9 Å². The number of nitrogen functional groups attached to an aromatic ring is 1. The molecular weight excluding hydrogens is 502 g/mol. The number of para-hydroxylation sites is 2. The maximum atomic E-state index is 12.3. The van der Waals surface area contributed by atoms with Gasteiger partial charge in [0.25, 0.3) is 0 Å². The highest BCUT2D eigenvalue weighted by Crippen LogP contribution is 2.33. The SMILES string of the molecule is C=CC(=O)N(C)c1cccc(-n2c(-c3nc(-c4cnn(C5CCN(C)CC5)c4)cnc3N)nc3ccccc32)c1. The average molecular weight is 534 g/mol. The summed E-state index contributed by atoms with van der Waals surface area (Å²) in [6, 6.07) is 15.9. The summed E-state index contributed by atoms with van der Waals surface area (Å²) in [6.07, 6.45) is 8.97. The molecule has 2 N–H and O–H groups in total. The summed E-state index contributed by atoms with van der Waals surface area (Å²) in [5.41, 5.74) is 11.7. The number of fused-ring (bicyclic) bond motifs is 1. The molecule has 0 spiro atoms. The Morgan fingerprint density at radius 2 is 1.90 bits per heavy atom. The van der Waals surface area contributed by atoms with Gasteiger partial charge in [-0.05, 0) is 69.4 Å². The van der Waals surface area contributed by atoms with E-state index in [-0.39, 0.29) is 11.7 Å². The minimum absolute atomic E-state index is 0.198. The number of benzene rings is 2. The third-order valence-electron chi connectivity index (χ3n) is 7.51. The lowest BCUT2D eigenvalue weighted by atomic mass is 10.1. The van der Waals surface area contributed by atoms with Gasteiger partial charge < -0.3 is 15.5 Å². The topological polar surface area (TPSA) is 111 Å². The number of aromatic nitrogens is 6. The summed E-state index contributed by atoms with van der Waals surface area (Å²) in [5, 5.41) is 4.65. The molecule has 1 amide bonds. The predicted molar refractivity (Wildman–Crippen MR) is 157 cm³/mol. The summed E-state index contributed by atoms with van der Waals surface area (Å²) in [5.74, 6) is 0.639. The molecule has 2 aromatic carbocycles. The number of anilines is 2. The quantitative estimate of drug-likeness (QED) is 0.323. The first-order valence-electron chi connectivity index (χ1n) is 13.3. The number of nitrogens with two attached hydrogens (primary N) is 1. The number of likely N-dealkylation sites (tertiary alicyclic amines) is 1. The first-order chi connectivity index (χ1) is 19.4. The number of amides is 1. The first-order valence-corrected chi connectivity index (χ1v) is 13.3. The smallest absolute Gasteiger partial charge is 0.250 e. The standard InChI is InChI=1S/C30H31N9O/c1-4-27(40)37(3)22-8-7-9-23(16-22)39-26-11-6-5-10-24(26)35-30(39)28-29(31)32-18-25(34-28)20-17-33-38(19-20)21-12-14-36(2)15-13-21/h4-11,16-19,21H,1,12-15H2,2-3H3,(H2,31,32). The summed E-state index contributed by atoms with van der Waals surface area (Å²) in [7, 11) is 3.87. The number of hydrogen-bond donors (Lipinski definition) is 1. The van der Waals surface area contributed by atoms with Crippen LogP contribution in [0, 0.1) is 0 Å². The molecule has 0 radical (unpaired) electrons. The van der Waals surface area contributed by atoms with Gasteiger partial charge in [-0.15, -0.1) is 0 Å². The van der Waals surface area contributed by atoms with Crippen molar-refractivity contribution in [3.63, 3.8) is 0 Å². The van der Waals surface area contributed by atoms with Gasteiger partial charge in [0.15, 0.2) is 11.6 Å². The van der Waals surface area contributed by atoms with Crippen molar-refractivity contribution in [1.29, 1.82) is 0 Å². The third-order valence-corrected chi connectivity index (χ3v) is 7.51. The van der Waals surface area contributed by atoms with Gasteiger partial charge in [0.2, 0.25) is 5.91 Å². The lowest BCUT2D eigenvalue weighted by Gasteiger charge is -2.28. The number of imidazole rings is 1. The molecule has 5 aromatic rings. The Morgan fingerprint density at radius 3 is 2.70 bits per heavy atom. The van der Waals surface area contributed by atoms with Crippen molar-refractivity contribution >= 4 is 28.4 Å². The maximum Gasteiger partial charge on any atom is 0.250 e. The van der Waals surface area contributed by atoms with Crippen molar-refractivity contribution in [2.75, 3.05) is 37.8 Å². The van der Waals surface area contributed by atoms with E-state index in [9.17, 15) is 4.79 Å². The number of likely N-dealkylation sites (N-methyl/N-ethyl adjacent to an activating group) is 1. The van der Waals surface area contributed by atoms with Gasteiger partial charge in [0, 0.05) is 30.2 Å². The van der Waals surface area contributed by atoms with Crippen molar-refractivity contribution in [3.05, 3.63) is 79.8 Å². The van der Waals surface area contributed by atoms with E-state index in [1.165, 1.54) is 6.08 Å². The van der Waals surface area contributed by atoms with E-state index in [4.69, 9.17) is 15.7 Å². The predicted octanol–water partition coefficient (Wildman–Crippen LogP) is 4.34. The lowest BCUT2D eigenvalue weighted by molar-refractivity contribution is -0.113. The van der Waals surface area contributed by atoms with Gasteiger partial charge in [-0.25, -0.2) is 15.0 Å². The minimum Gasteiger partial charge on any atom is -0.382 e. The van der Waals surface area contributed by atoms with E-state index < -0.39 is 0 Å². The molecule has 10 heteroatoms. The average Bonchev–Trinajstić information content (AvgIpc) is 3.63. The van der Waals surface area contributed by atoms with Crippen molar-refractivity contribution in [3.8, 4) is 28.5 Å². The molecule has 1 aliphatic heterocycles. The summed E-state index contributed by atoms with van der Waals surface area (Å²) in [6.45, 7) is 5.72. The van der Waals surface area contributed by atoms with Crippen LogP contribution >= 0.6 is 0 Å². The Balaban J connectivity index is 1.44. The van der Waals surface area contributed by atoms with E-state index in [0.29, 0.717) is 23.3 Å². The van der Waals surface area contributed by atoms with E-state index in [1.54, 1.807) is 18.1 Å². The zero-order valence-corrected chi connectivity index (χ0v) is 22.6. The first kappa shape index (κ1) is 25.4. The molecular formula is C30H31N9O. The monoisotopic (exact) mass is 533 g/mol. The Hall–Kier alpha value is -4.83. The molecule has 40 heavy (non-hydrogen) atoms. The minimum atomic E-state index is -0.198. The molecule has 1 fully saturated rings. The Bertz CT molecular complexity index is 1710. The van der Waals surface area contributed by atoms with Crippen molar-refractivity contribution in [2.45, 2.75) is 18.9 Å². The van der Waals surface area contributed by atoms with Gasteiger partial charge in [-0.2, -0.15) is 5.10 Å². The van der Waals surface area contributed by atoms with Crippen molar-refractivity contribution in [2.24, 2.45) is 0 Å². The van der Waals surface area contributed by atoms with Gasteiger partial charge in [0.1, 0.15) is 5.69 Å².